The number of benzene rings is 2. The van der Waals surface area contributed by atoms with Gasteiger partial charge in [-0.3, -0.25) is 14.1 Å². The second kappa shape index (κ2) is 9.61. The molecule has 0 atom stereocenters. The lowest BCUT2D eigenvalue weighted by atomic mass is 10.0. The van der Waals surface area contributed by atoms with E-state index in [1.807, 2.05) is 12.1 Å². The first-order valence-electron chi connectivity index (χ1n) is 9.78. The molecule has 0 saturated carbocycles. The number of anilines is 2. The van der Waals surface area contributed by atoms with Gasteiger partial charge in [0.25, 0.3) is 10.0 Å². The van der Waals surface area contributed by atoms with Gasteiger partial charge >= 0.3 is 0 Å². The van der Waals surface area contributed by atoms with Crippen LogP contribution in [0.3, 0.4) is 0 Å². The highest BCUT2D eigenvalue weighted by Gasteiger charge is 2.27. The van der Waals surface area contributed by atoms with Crippen molar-refractivity contribution >= 4 is 27.3 Å². The fraction of sp³-hybridized carbons (Fsp3) is 0.217. The number of pyridine rings is 1. The highest BCUT2D eigenvalue weighted by molar-refractivity contribution is 7.92. The van der Waals surface area contributed by atoms with Crippen LogP contribution in [-0.4, -0.2) is 33.0 Å². The highest BCUT2D eigenvalue weighted by Crippen LogP contribution is 2.25. The van der Waals surface area contributed by atoms with Crippen molar-refractivity contribution in [2.24, 2.45) is 0 Å². The van der Waals surface area contributed by atoms with E-state index in [-0.39, 0.29) is 4.90 Å². The lowest BCUT2D eigenvalue weighted by Gasteiger charge is -2.24. The molecular formula is C23H25N3O4S. The van der Waals surface area contributed by atoms with E-state index in [4.69, 9.17) is 4.74 Å². The third kappa shape index (κ3) is 5.40. The summed E-state index contributed by atoms with van der Waals surface area (Å²) < 4.78 is 32.7. The van der Waals surface area contributed by atoms with Crippen LogP contribution in [0.4, 0.5) is 11.4 Å². The predicted octanol–water partition coefficient (Wildman–Crippen LogP) is 4.05. The van der Waals surface area contributed by atoms with Crippen molar-refractivity contribution in [3.05, 3.63) is 78.6 Å². The molecule has 0 aliphatic rings. The summed E-state index contributed by atoms with van der Waals surface area (Å²) in [6.45, 7) is 3.78. The molecule has 1 heterocycles. The van der Waals surface area contributed by atoms with E-state index in [1.54, 1.807) is 36.4 Å². The number of sulfonamides is 1. The van der Waals surface area contributed by atoms with E-state index in [1.165, 1.54) is 31.6 Å². The summed E-state index contributed by atoms with van der Waals surface area (Å²) in [5.41, 5.74) is 2.09. The predicted molar refractivity (Wildman–Crippen MR) is 121 cm³/mol. The zero-order valence-electron chi connectivity index (χ0n) is 17.6. The number of rotatable bonds is 8. The first-order chi connectivity index (χ1) is 14.8. The lowest BCUT2D eigenvalue weighted by molar-refractivity contribution is -0.114. The Morgan fingerprint density at radius 1 is 1.06 bits per heavy atom. The van der Waals surface area contributed by atoms with Crippen LogP contribution in [0.5, 0.6) is 5.75 Å². The average Bonchev–Trinajstić information content (AvgIpc) is 2.78. The molecule has 3 rings (SSSR count). The summed E-state index contributed by atoms with van der Waals surface area (Å²) in [6.07, 6.45) is 2.75. The van der Waals surface area contributed by atoms with Crippen LogP contribution in [0.15, 0.2) is 78.0 Å². The van der Waals surface area contributed by atoms with Crippen molar-refractivity contribution in [3.63, 3.8) is 0 Å². The van der Waals surface area contributed by atoms with Crippen LogP contribution in [0.25, 0.3) is 0 Å². The molecule has 2 aromatic carbocycles. The van der Waals surface area contributed by atoms with Gasteiger partial charge in [0.15, 0.2) is 0 Å². The Morgan fingerprint density at radius 2 is 1.74 bits per heavy atom. The Bertz CT molecular complexity index is 1110. The van der Waals surface area contributed by atoms with Crippen molar-refractivity contribution in [3.8, 4) is 5.75 Å². The molecule has 0 unspecified atom stereocenters. The first-order valence-corrected chi connectivity index (χ1v) is 11.2. The monoisotopic (exact) mass is 439 g/mol. The van der Waals surface area contributed by atoms with Crippen LogP contribution < -0.4 is 14.4 Å². The van der Waals surface area contributed by atoms with Crippen molar-refractivity contribution in [1.29, 1.82) is 0 Å². The molecule has 7 nitrogen and oxygen atoms in total. The summed E-state index contributed by atoms with van der Waals surface area (Å²) in [7, 11) is -2.48. The Hall–Kier alpha value is -3.39. The standard InChI is InChI=1S/C23H25N3O4S/c1-17(2)18-6-8-19(9-7-18)25-23(27)16-26(20-10-12-21(30-3)13-11-20)31(28,29)22-5-4-14-24-15-22/h4-15,17H,16H2,1-3H3,(H,25,27). The molecule has 1 aromatic heterocycles. The third-order valence-corrected chi connectivity index (χ3v) is 6.49. The van der Waals surface area contributed by atoms with Crippen LogP contribution in [0, 0.1) is 0 Å². The summed E-state index contributed by atoms with van der Waals surface area (Å²) >= 11 is 0. The first kappa shape index (κ1) is 22.3. The minimum atomic E-state index is -4.01. The van der Waals surface area contributed by atoms with E-state index >= 15 is 0 Å². The summed E-state index contributed by atoms with van der Waals surface area (Å²) in [5.74, 6) is 0.498. The SMILES string of the molecule is COc1ccc(N(CC(=O)Nc2ccc(C(C)C)cc2)S(=O)(=O)c2cccnc2)cc1. The molecule has 0 fully saturated rings. The molecule has 0 bridgehead atoms. The second-order valence-corrected chi connectivity index (χ2v) is 9.09. The van der Waals surface area contributed by atoms with Crippen LogP contribution in [0.1, 0.15) is 25.3 Å². The Kier molecular flexibility index (Phi) is 6.91. The minimum absolute atomic E-state index is 0.0000885. The number of hydrogen-bond acceptors (Lipinski definition) is 5. The van der Waals surface area contributed by atoms with Crippen LogP contribution in [0.2, 0.25) is 0 Å². The van der Waals surface area contributed by atoms with Gasteiger partial charge in [-0.15, -0.1) is 0 Å². The summed E-state index contributed by atoms with van der Waals surface area (Å²) in [4.78, 5) is 16.7. The van der Waals surface area contributed by atoms with E-state index in [9.17, 15) is 13.2 Å². The molecular weight excluding hydrogens is 414 g/mol. The molecule has 1 amide bonds. The molecule has 31 heavy (non-hydrogen) atoms. The molecule has 0 radical (unpaired) electrons. The zero-order chi connectivity index (χ0) is 22.4. The maximum atomic E-state index is 13.3. The van der Waals surface area contributed by atoms with Gasteiger partial charge in [-0.1, -0.05) is 26.0 Å². The number of methoxy groups -OCH3 is 1. The number of carbonyl (C=O) groups excluding carboxylic acids is 1. The number of amides is 1. The van der Waals surface area contributed by atoms with Crippen LogP contribution >= 0.6 is 0 Å². The van der Waals surface area contributed by atoms with Crippen molar-refractivity contribution in [2.45, 2.75) is 24.7 Å². The van der Waals surface area contributed by atoms with Gasteiger partial charge in [-0.25, -0.2) is 8.42 Å². The summed E-state index contributed by atoms with van der Waals surface area (Å²) in [5, 5.41) is 2.77. The molecule has 3 aromatic rings. The number of aromatic nitrogens is 1. The molecule has 0 spiro atoms. The Morgan fingerprint density at radius 3 is 2.29 bits per heavy atom. The fourth-order valence-corrected chi connectivity index (χ4v) is 4.36. The molecule has 0 saturated heterocycles. The van der Waals surface area contributed by atoms with Gasteiger partial charge in [-0.2, -0.15) is 0 Å². The van der Waals surface area contributed by atoms with Crippen molar-refractivity contribution < 1.29 is 17.9 Å². The van der Waals surface area contributed by atoms with E-state index < -0.39 is 22.5 Å². The van der Waals surface area contributed by atoms with Gasteiger partial charge in [0.1, 0.15) is 17.2 Å². The number of hydrogen-bond donors (Lipinski definition) is 1. The van der Waals surface area contributed by atoms with Gasteiger partial charge < -0.3 is 10.1 Å². The van der Waals surface area contributed by atoms with Crippen molar-refractivity contribution in [2.75, 3.05) is 23.3 Å². The molecule has 0 aliphatic heterocycles. The molecule has 162 valence electrons. The Balaban J connectivity index is 1.88. The lowest BCUT2D eigenvalue weighted by Crippen LogP contribution is -2.38. The Labute approximate surface area is 182 Å². The topological polar surface area (TPSA) is 88.6 Å². The number of nitrogens with zero attached hydrogens (tertiary/aromatic N) is 2. The van der Waals surface area contributed by atoms with Gasteiger partial charge in [0.2, 0.25) is 5.91 Å². The number of carbonyl (C=O) groups is 1. The molecule has 8 heteroatoms. The minimum Gasteiger partial charge on any atom is -0.497 e. The summed E-state index contributed by atoms with van der Waals surface area (Å²) in [6, 6.07) is 16.9. The number of nitrogens with one attached hydrogen (secondary N) is 1. The maximum Gasteiger partial charge on any atom is 0.266 e. The maximum absolute atomic E-state index is 13.3. The van der Waals surface area contributed by atoms with Gasteiger partial charge in [0, 0.05) is 18.1 Å². The van der Waals surface area contributed by atoms with Gasteiger partial charge in [-0.05, 0) is 60.0 Å². The average molecular weight is 440 g/mol. The normalized spacial score (nSPS) is 11.2. The number of ether oxygens (including phenoxy) is 1. The molecule has 1 N–H and O–H groups in total. The fourth-order valence-electron chi connectivity index (χ4n) is 2.97. The van der Waals surface area contributed by atoms with E-state index in [0.29, 0.717) is 23.0 Å². The van der Waals surface area contributed by atoms with Crippen LogP contribution in [-0.2, 0) is 14.8 Å². The highest BCUT2D eigenvalue weighted by atomic mass is 32.2. The largest absolute Gasteiger partial charge is 0.497 e. The smallest absolute Gasteiger partial charge is 0.266 e. The zero-order valence-corrected chi connectivity index (χ0v) is 18.5. The van der Waals surface area contributed by atoms with Gasteiger partial charge in [0.05, 0.1) is 12.8 Å². The molecule has 0 aliphatic carbocycles. The van der Waals surface area contributed by atoms with Crippen molar-refractivity contribution in [1.82, 2.24) is 4.98 Å². The third-order valence-electron chi connectivity index (χ3n) is 4.73. The second-order valence-electron chi connectivity index (χ2n) is 7.22. The quantitative estimate of drug-likeness (QED) is 0.572. The van der Waals surface area contributed by atoms with E-state index in [0.717, 1.165) is 9.87 Å². The van der Waals surface area contributed by atoms with E-state index in [2.05, 4.69) is 24.1 Å².